The first-order valence-electron chi connectivity index (χ1n) is 8.54. The molecule has 4 heterocycles. The Hall–Kier alpha value is -2.18. The lowest BCUT2D eigenvalue weighted by atomic mass is 9.87. The highest BCUT2D eigenvalue weighted by Crippen LogP contribution is 2.63. The maximum atomic E-state index is 13.5. The second kappa shape index (κ2) is 4.80. The zero-order chi connectivity index (χ0) is 19.4. The number of carbonyl (C=O) groups is 2. The van der Waals surface area contributed by atoms with Crippen LogP contribution in [0.2, 0.25) is 0 Å². The molecule has 7 nitrogen and oxygen atoms in total. The van der Waals surface area contributed by atoms with Crippen molar-refractivity contribution >= 4 is 32.5 Å². The minimum absolute atomic E-state index is 0.146. The summed E-state index contributed by atoms with van der Waals surface area (Å²) in [6.45, 7) is 11.6. The van der Waals surface area contributed by atoms with Crippen LogP contribution in [0.5, 0.6) is 11.5 Å². The first kappa shape index (κ1) is 17.0. The molecule has 140 valence electrons. The van der Waals surface area contributed by atoms with Crippen LogP contribution in [-0.4, -0.2) is 50.7 Å². The Morgan fingerprint density at radius 1 is 1.26 bits per heavy atom. The van der Waals surface area contributed by atoms with Gasteiger partial charge in [0.15, 0.2) is 21.2 Å². The monoisotopic (exact) mass is 403 g/mol. The van der Waals surface area contributed by atoms with E-state index in [1.165, 1.54) is 4.90 Å². The topological polar surface area (TPSA) is 63.4 Å². The van der Waals surface area contributed by atoms with Crippen LogP contribution in [0, 0.1) is 6.57 Å². The second-order valence-electron chi connectivity index (χ2n) is 7.74. The molecule has 1 aromatic carbocycles. The number of hydrogen-bond donors (Lipinski definition) is 0. The summed E-state index contributed by atoms with van der Waals surface area (Å²) in [7, 11) is 0.702. The van der Waals surface area contributed by atoms with Crippen molar-refractivity contribution in [3.05, 3.63) is 35.2 Å². The predicted molar refractivity (Wildman–Crippen MR) is 100 cm³/mol. The molecular weight excluding hydrogens is 386 g/mol. The van der Waals surface area contributed by atoms with Crippen molar-refractivity contribution in [2.45, 2.75) is 41.6 Å². The summed E-state index contributed by atoms with van der Waals surface area (Å²) in [6, 6.07) is 4.88. The van der Waals surface area contributed by atoms with E-state index in [2.05, 4.69) is 4.85 Å². The average Bonchev–Trinajstić information content (AvgIpc) is 3.31. The van der Waals surface area contributed by atoms with Crippen LogP contribution in [0.15, 0.2) is 18.2 Å². The molecule has 1 aromatic rings. The number of nitrogens with zero attached hydrogens (tertiary/aromatic N) is 3. The molecule has 27 heavy (non-hydrogen) atoms. The van der Waals surface area contributed by atoms with Gasteiger partial charge in [0.05, 0.1) is 6.42 Å². The molecule has 5 rings (SSSR count). The number of benzene rings is 1. The molecule has 0 radical (unpaired) electrons. The van der Waals surface area contributed by atoms with Crippen LogP contribution in [0.1, 0.15) is 31.9 Å². The summed E-state index contributed by atoms with van der Waals surface area (Å²) in [6.07, 6.45) is 0.250. The zero-order valence-corrected chi connectivity index (χ0v) is 16.6. The van der Waals surface area contributed by atoms with Gasteiger partial charge in [-0.05, 0) is 45.3 Å². The molecule has 2 amide bonds. The minimum Gasteiger partial charge on any atom is -0.454 e. The Kier molecular flexibility index (Phi) is 3.02. The van der Waals surface area contributed by atoms with Crippen molar-refractivity contribution in [1.29, 1.82) is 0 Å². The number of rotatable bonds is 1. The second-order valence-corrected chi connectivity index (χ2v) is 10.7. The number of piperazine rings is 1. The number of hydrogen-bond acceptors (Lipinski definition) is 5. The average molecular weight is 403 g/mol. The maximum Gasteiger partial charge on any atom is 0.261 e. The highest BCUT2D eigenvalue weighted by molar-refractivity contribution is 8.31. The lowest BCUT2D eigenvalue weighted by molar-refractivity contribution is -0.159. The fourth-order valence-electron chi connectivity index (χ4n) is 4.89. The summed E-state index contributed by atoms with van der Waals surface area (Å²) < 4.78 is 10.9. The van der Waals surface area contributed by atoms with Gasteiger partial charge in [-0.2, -0.15) is 0 Å². The van der Waals surface area contributed by atoms with Crippen LogP contribution in [0.3, 0.4) is 0 Å². The molecule has 2 unspecified atom stereocenters. The third kappa shape index (κ3) is 1.61. The lowest BCUT2D eigenvalue weighted by Crippen LogP contribution is -2.60. The maximum absolute atomic E-state index is 13.5. The van der Waals surface area contributed by atoms with E-state index >= 15 is 0 Å². The molecule has 9 heteroatoms. The molecule has 0 aliphatic carbocycles. The Bertz CT molecular complexity index is 1010. The highest BCUT2D eigenvalue weighted by atomic mass is 32.8. The number of fused-ring (bicyclic) bond motifs is 2. The molecule has 4 aliphatic rings. The summed E-state index contributed by atoms with van der Waals surface area (Å²) in [5.41, 5.74) is -0.183. The molecule has 2 bridgehead atoms. The van der Waals surface area contributed by atoms with E-state index < -0.39 is 30.8 Å². The molecule has 4 aliphatic heterocycles. The Balaban J connectivity index is 1.73. The van der Waals surface area contributed by atoms with E-state index in [1.54, 1.807) is 24.9 Å². The quantitative estimate of drug-likeness (QED) is 0.663. The molecule has 0 aromatic heterocycles. The largest absolute Gasteiger partial charge is 0.454 e. The molecule has 1 spiro atoms. The third-order valence-corrected chi connectivity index (χ3v) is 10.5. The van der Waals surface area contributed by atoms with Gasteiger partial charge < -0.3 is 24.1 Å². The molecular formula is C18H17N3O4S2. The van der Waals surface area contributed by atoms with Crippen molar-refractivity contribution in [3.63, 3.8) is 0 Å². The van der Waals surface area contributed by atoms with E-state index in [9.17, 15) is 9.59 Å². The predicted octanol–water partition coefficient (Wildman–Crippen LogP) is 1.34. The first-order valence-corrected chi connectivity index (χ1v) is 10.7. The SMILES string of the molecule is [C-]#[N+][C@]1(C)C[C@]23C(=O)N(C)C(C)(C(=O)N2[C@H]1c1ccc2c(c1)OCO2)S3=S. The number of likely N-dealkylation sites (N-methyl/N-ethyl adjacent to an activating group) is 1. The van der Waals surface area contributed by atoms with Crippen LogP contribution < -0.4 is 9.47 Å². The Labute approximate surface area is 163 Å². The Morgan fingerprint density at radius 2 is 1.96 bits per heavy atom. The van der Waals surface area contributed by atoms with Crippen LogP contribution >= 0.6 is 0 Å². The van der Waals surface area contributed by atoms with Gasteiger partial charge in [0.2, 0.25) is 6.79 Å². The normalized spacial score (nSPS) is 41.3. The summed E-state index contributed by atoms with van der Waals surface area (Å²) in [5.74, 6) is 0.902. The zero-order valence-electron chi connectivity index (χ0n) is 15.0. The molecule has 0 saturated carbocycles. The smallest absolute Gasteiger partial charge is 0.261 e. The Morgan fingerprint density at radius 3 is 2.67 bits per heavy atom. The summed E-state index contributed by atoms with van der Waals surface area (Å²) in [4.78, 5) is 31.6. The van der Waals surface area contributed by atoms with Gasteiger partial charge in [-0.25, -0.2) is 6.57 Å². The standard InChI is InChI=1S/C18H17N3O4S2/c1-16(19-3)8-18-15(23)20(4)17(2,27(18)26)14(22)21(18)13(16)10-5-6-11-12(7-10)25-9-24-11/h5-7,13H,8-9H2,1-2,4H3/t13-,16+,17?,18-,27?/m0/s1. The van der Waals surface area contributed by atoms with Crippen molar-refractivity contribution in [2.24, 2.45) is 0 Å². The van der Waals surface area contributed by atoms with Crippen LogP contribution in [-0.2, 0) is 30.2 Å². The van der Waals surface area contributed by atoms with Crippen molar-refractivity contribution in [2.75, 3.05) is 13.8 Å². The minimum atomic E-state index is -1.11. The third-order valence-electron chi connectivity index (χ3n) is 6.36. The van der Waals surface area contributed by atoms with Crippen molar-refractivity contribution in [3.8, 4) is 11.5 Å². The molecule has 3 fully saturated rings. The van der Waals surface area contributed by atoms with Gasteiger partial charge in [-0.3, -0.25) is 9.59 Å². The fourth-order valence-corrected chi connectivity index (χ4v) is 8.41. The molecule has 3 saturated heterocycles. The van der Waals surface area contributed by atoms with Gasteiger partial charge >= 0.3 is 0 Å². The molecule has 5 atom stereocenters. The summed E-state index contributed by atoms with van der Waals surface area (Å²) in [5, 5.41) is 0. The van der Waals surface area contributed by atoms with E-state index in [4.69, 9.17) is 27.2 Å². The van der Waals surface area contributed by atoms with E-state index in [1.807, 2.05) is 19.1 Å². The van der Waals surface area contributed by atoms with E-state index in [-0.39, 0.29) is 25.0 Å². The van der Waals surface area contributed by atoms with Gasteiger partial charge in [0.25, 0.3) is 17.4 Å². The van der Waals surface area contributed by atoms with E-state index in [0.29, 0.717) is 11.5 Å². The highest BCUT2D eigenvalue weighted by Gasteiger charge is 2.82. The fraction of sp³-hybridized carbons (Fsp3) is 0.500. The lowest BCUT2D eigenvalue weighted by Gasteiger charge is -2.38. The van der Waals surface area contributed by atoms with Crippen molar-refractivity contribution in [1.82, 2.24) is 9.80 Å². The van der Waals surface area contributed by atoms with Gasteiger partial charge in [0, 0.05) is 14.0 Å². The van der Waals surface area contributed by atoms with Crippen molar-refractivity contribution < 1.29 is 19.1 Å². The van der Waals surface area contributed by atoms with Gasteiger partial charge in [-0.15, -0.1) is 0 Å². The number of amides is 2. The van der Waals surface area contributed by atoms with E-state index in [0.717, 1.165) is 5.56 Å². The number of ether oxygens (including phenoxy) is 2. The number of carbonyl (C=O) groups excluding carboxylic acids is 2. The first-order chi connectivity index (χ1) is 12.7. The van der Waals surface area contributed by atoms with Gasteiger partial charge in [0.1, 0.15) is 6.04 Å². The van der Waals surface area contributed by atoms with Crippen LogP contribution in [0.25, 0.3) is 4.85 Å². The van der Waals surface area contributed by atoms with Gasteiger partial charge in [-0.1, -0.05) is 6.07 Å². The van der Waals surface area contributed by atoms with Crippen LogP contribution in [0.4, 0.5) is 0 Å². The molecule has 0 N–H and O–H groups in total. The summed E-state index contributed by atoms with van der Waals surface area (Å²) >= 11 is 5.77.